The summed E-state index contributed by atoms with van der Waals surface area (Å²) in [7, 11) is 0. The molecule has 0 aliphatic rings. The average Bonchev–Trinajstić information content (AvgIpc) is 2.84. The quantitative estimate of drug-likeness (QED) is 0.283. The molecule has 4 rings (SSSR count). The third-order valence-corrected chi connectivity index (χ3v) is 5.41. The minimum atomic E-state index is 0.0253. The molecule has 0 aliphatic heterocycles. The molecule has 0 amide bonds. The van der Waals surface area contributed by atoms with Crippen LogP contribution in [0.15, 0.2) is 84.9 Å². The van der Waals surface area contributed by atoms with Gasteiger partial charge in [-0.05, 0) is 99.1 Å². The van der Waals surface area contributed by atoms with Crippen molar-refractivity contribution >= 4 is 33.9 Å². The molecule has 0 saturated carbocycles. The summed E-state index contributed by atoms with van der Waals surface area (Å²) in [6, 6.07) is 24.9. The molecule has 4 aromatic carbocycles. The lowest BCUT2D eigenvalue weighted by molar-refractivity contribution is 0.100. The van der Waals surface area contributed by atoms with Crippen molar-refractivity contribution < 1.29 is 23.9 Å². The summed E-state index contributed by atoms with van der Waals surface area (Å²) >= 11 is 0. The molecule has 0 bridgehead atoms. The van der Waals surface area contributed by atoms with Gasteiger partial charge in [-0.25, -0.2) is 0 Å². The van der Waals surface area contributed by atoms with Crippen molar-refractivity contribution in [3.8, 4) is 11.5 Å². The van der Waals surface area contributed by atoms with Crippen LogP contribution in [-0.2, 0) is 0 Å². The SMILES string of the molecule is CC(=O)c1ccc(Oc2ccc(C(C)=O)cc2)cc1.CC(=O)c1ccc2cc(C(C)=O)ccc2c1. The maximum absolute atomic E-state index is 11.2. The second-order valence-corrected chi connectivity index (χ2v) is 8.15. The first-order valence-corrected chi connectivity index (χ1v) is 11.1. The molecular formula is C30H26O5. The third-order valence-electron chi connectivity index (χ3n) is 5.41. The molecule has 0 N–H and O–H groups in total. The molecule has 4 aromatic rings. The molecule has 0 spiro atoms. The van der Waals surface area contributed by atoms with Crippen LogP contribution in [0, 0.1) is 0 Å². The second kappa shape index (κ2) is 11.2. The van der Waals surface area contributed by atoms with Crippen LogP contribution in [-0.4, -0.2) is 23.1 Å². The Morgan fingerprint density at radius 2 is 0.714 bits per heavy atom. The van der Waals surface area contributed by atoms with Gasteiger partial charge in [0.05, 0.1) is 0 Å². The molecule has 0 heterocycles. The zero-order valence-electron chi connectivity index (χ0n) is 20.1. The Kier molecular flexibility index (Phi) is 8.05. The fourth-order valence-electron chi connectivity index (χ4n) is 3.34. The Balaban J connectivity index is 0.000000198. The molecule has 0 aliphatic carbocycles. The van der Waals surface area contributed by atoms with Gasteiger partial charge in [0.15, 0.2) is 23.1 Å². The Hall–Kier alpha value is -4.38. The van der Waals surface area contributed by atoms with Crippen molar-refractivity contribution in [3.63, 3.8) is 0 Å². The van der Waals surface area contributed by atoms with Gasteiger partial charge >= 0.3 is 0 Å². The van der Waals surface area contributed by atoms with Crippen molar-refractivity contribution in [2.24, 2.45) is 0 Å². The maximum Gasteiger partial charge on any atom is 0.159 e. The van der Waals surface area contributed by atoms with Crippen LogP contribution in [0.2, 0.25) is 0 Å². The highest BCUT2D eigenvalue weighted by atomic mass is 16.5. The Labute approximate surface area is 204 Å². The number of rotatable bonds is 6. The largest absolute Gasteiger partial charge is 0.457 e. The molecule has 176 valence electrons. The topological polar surface area (TPSA) is 77.5 Å². The Morgan fingerprint density at radius 3 is 1.00 bits per heavy atom. The summed E-state index contributed by atoms with van der Waals surface area (Å²) in [5, 5.41) is 1.97. The molecule has 0 atom stereocenters. The minimum absolute atomic E-state index is 0.0253. The lowest BCUT2D eigenvalue weighted by Crippen LogP contribution is -1.93. The Morgan fingerprint density at radius 1 is 0.429 bits per heavy atom. The van der Waals surface area contributed by atoms with Gasteiger partial charge < -0.3 is 4.74 Å². The van der Waals surface area contributed by atoms with Gasteiger partial charge in [0.2, 0.25) is 0 Å². The van der Waals surface area contributed by atoms with Crippen molar-refractivity contribution in [1.82, 2.24) is 0 Å². The first-order chi connectivity index (χ1) is 16.6. The number of ketones is 4. The fraction of sp³-hybridized carbons (Fsp3) is 0.133. The Bertz CT molecular complexity index is 1290. The average molecular weight is 467 g/mol. The number of hydrogen-bond donors (Lipinski definition) is 0. The van der Waals surface area contributed by atoms with Crippen LogP contribution in [0.25, 0.3) is 10.8 Å². The number of fused-ring (bicyclic) bond motifs is 1. The van der Waals surface area contributed by atoms with E-state index in [-0.39, 0.29) is 23.1 Å². The summed E-state index contributed by atoms with van der Waals surface area (Å²) < 4.78 is 5.63. The van der Waals surface area contributed by atoms with Crippen LogP contribution in [0.4, 0.5) is 0 Å². The van der Waals surface area contributed by atoms with E-state index in [2.05, 4.69) is 0 Å². The molecule has 0 unspecified atom stereocenters. The molecule has 0 aromatic heterocycles. The molecule has 35 heavy (non-hydrogen) atoms. The summed E-state index contributed by atoms with van der Waals surface area (Å²) in [6.07, 6.45) is 0. The first kappa shape index (κ1) is 25.2. The van der Waals surface area contributed by atoms with E-state index in [1.54, 1.807) is 74.5 Å². The van der Waals surface area contributed by atoms with Gasteiger partial charge in [-0.15, -0.1) is 0 Å². The number of ether oxygens (including phenoxy) is 1. The minimum Gasteiger partial charge on any atom is -0.457 e. The smallest absolute Gasteiger partial charge is 0.159 e. The highest BCUT2D eigenvalue weighted by Crippen LogP contribution is 2.22. The molecule has 5 heteroatoms. The second-order valence-electron chi connectivity index (χ2n) is 8.15. The fourth-order valence-corrected chi connectivity index (χ4v) is 3.34. The van der Waals surface area contributed by atoms with Crippen molar-refractivity contribution in [2.75, 3.05) is 0 Å². The number of benzene rings is 4. The van der Waals surface area contributed by atoms with Gasteiger partial charge in [0.25, 0.3) is 0 Å². The van der Waals surface area contributed by atoms with E-state index in [9.17, 15) is 19.2 Å². The predicted octanol–water partition coefficient (Wildman–Crippen LogP) is 7.13. The van der Waals surface area contributed by atoms with E-state index >= 15 is 0 Å². The highest BCUT2D eigenvalue weighted by molar-refractivity contribution is 6.01. The van der Waals surface area contributed by atoms with Crippen molar-refractivity contribution in [1.29, 1.82) is 0 Å². The lowest BCUT2D eigenvalue weighted by Gasteiger charge is -2.06. The molecule has 0 saturated heterocycles. The van der Waals surface area contributed by atoms with Crippen LogP contribution in [0.1, 0.15) is 69.1 Å². The van der Waals surface area contributed by atoms with Crippen LogP contribution in [0.5, 0.6) is 11.5 Å². The van der Waals surface area contributed by atoms with Gasteiger partial charge in [0.1, 0.15) is 11.5 Å². The monoisotopic (exact) mass is 466 g/mol. The normalized spacial score (nSPS) is 10.2. The van der Waals surface area contributed by atoms with Crippen LogP contribution in [0.3, 0.4) is 0 Å². The number of hydrogen-bond acceptors (Lipinski definition) is 5. The van der Waals surface area contributed by atoms with E-state index in [1.165, 1.54) is 13.8 Å². The summed E-state index contributed by atoms with van der Waals surface area (Å²) in [6.45, 7) is 6.14. The van der Waals surface area contributed by atoms with Gasteiger partial charge in [-0.1, -0.05) is 24.3 Å². The summed E-state index contributed by atoms with van der Waals surface area (Å²) in [5.74, 6) is 1.46. The zero-order chi connectivity index (χ0) is 25.5. The van der Waals surface area contributed by atoms with Crippen LogP contribution < -0.4 is 4.74 Å². The molecule has 0 radical (unpaired) electrons. The number of carbonyl (C=O) groups excluding carboxylic acids is 4. The van der Waals surface area contributed by atoms with Crippen molar-refractivity contribution in [2.45, 2.75) is 27.7 Å². The van der Waals surface area contributed by atoms with Gasteiger partial charge in [-0.2, -0.15) is 0 Å². The summed E-state index contributed by atoms with van der Waals surface area (Å²) in [4.78, 5) is 44.7. The number of carbonyl (C=O) groups is 4. The lowest BCUT2D eigenvalue weighted by atomic mass is 10.0. The molecular weight excluding hydrogens is 440 g/mol. The first-order valence-electron chi connectivity index (χ1n) is 11.1. The zero-order valence-corrected chi connectivity index (χ0v) is 20.1. The van der Waals surface area contributed by atoms with E-state index in [0.29, 0.717) is 33.8 Å². The third kappa shape index (κ3) is 6.81. The molecule has 0 fully saturated rings. The highest BCUT2D eigenvalue weighted by Gasteiger charge is 2.04. The van der Waals surface area contributed by atoms with Crippen LogP contribution >= 0.6 is 0 Å². The standard InChI is InChI=1S/C16H14O3.C14H12O2/c1-11(17)13-3-7-15(8-4-13)19-16-9-5-14(6-10-16)12(2)18;1-9(15)11-3-5-14-8-12(10(2)16)4-6-13(14)7-11/h3-10H,1-2H3;3-8H,1-2H3. The number of Topliss-reactive ketones (excluding diaryl/α,β-unsaturated/α-hetero) is 4. The van der Waals surface area contributed by atoms with E-state index < -0.39 is 0 Å². The van der Waals surface area contributed by atoms with Crippen molar-refractivity contribution in [3.05, 3.63) is 107 Å². The molecule has 5 nitrogen and oxygen atoms in total. The summed E-state index contributed by atoms with van der Waals surface area (Å²) in [5.41, 5.74) is 2.70. The van der Waals surface area contributed by atoms with Gasteiger partial charge in [0, 0.05) is 22.3 Å². The van der Waals surface area contributed by atoms with E-state index in [1.807, 2.05) is 24.3 Å². The maximum atomic E-state index is 11.2. The van der Waals surface area contributed by atoms with Gasteiger partial charge in [-0.3, -0.25) is 19.2 Å². The van der Waals surface area contributed by atoms with E-state index in [0.717, 1.165) is 10.8 Å². The predicted molar refractivity (Wildman–Crippen MR) is 137 cm³/mol. The van der Waals surface area contributed by atoms with E-state index in [4.69, 9.17) is 4.74 Å².